The first-order valence-electron chi connectivity index (χ1n) is 4.98. The predicted molar refractivity (Wildman–Crippen MR) is 82.4 cm³/mol. The van der Waals surface area contributed by atoms with Gasteiger partial charge in [0.05, 0.1) is 0 Å². The molecule has 0 unspecified atom stereocenters. The molecule has 0 heterocycles. The van der Waals surface area contributed by atoms with Crippen molar-refractivity contribution in [1.29, 1.82) is 0 Å². The van der Waals surface area contributed by atoms with Crippen LogP contribution in [0.4, 0.5) is 0 Å². The monoisotopic (exact) mass is 440 g/mol. The van der Waals surface area contributed by atoms with Crippen LogP contribution in [-0.4, -0.2) is 29.4 Å². The Bertz CT molecular complexity index is 189. The summed E-state index contributed by atoms with van der Waals surface area (Å²) in [7, 11) is 0. The topological polar surface area (TPSA) is 121 Å². The first-order chi connectivity index (χ1) is 7.83. The van der Waals surface area contributed by atoms with Gasteiger partial charge in [-0.05, 0) is 23.6 Å². The third kappa shape index (κ3) is 443. The SMILES string of the molecule is OP(O)(O)=S.OP(O)(O)=S.[CH2-]CCC.[CH2-]CCC.[Mo+2]. The maximum atomic E-state index is 7.56. The fraction of sp³-hybridized carbons (Fsp3) is 0.750. The predicted octanol–water partition coefficient (Wildman–Crippen LogP) is 1.61. The van der Waals surface area contributed by atoms with Gasteiger partial charge in [-0.15, -0.1) is 0 Å². The van der Waals surface area contributed by atoms with Crippen molar-refractivity contribution in [1.82, 2.24) is 0 Å². The third-order valence-electron chi connectivity index (χ3n) is 0.707. The first-order valence-corrected chi connectivity index (χ1v) is 10.3. The summed E-state index contributed by atoms with van der Waals surface area (Å²) in [6.07, 6.45) is 4.56. The minimum atomic E-state index is -3.81. The molecule has 0 saturated heterocycles. The van der Waals surface area contributed by atoms with Crippen molar-refractivity contribution in [3.8, 4) is 0 Å². The van der Waals surface area contributed by atoms with Gasteiger partial charge in [0.25, 0.3) is 0 Å². The van der Waals surface area contributed by atoms with Crippen molar-refractivity contribution >= 4 is 37.1 Å². The van der Waals surface area contributed by atoms with Crippen molar-refractivity contribution in [2.45, 2.75) is 39.5 Å². The van der Waals surface area contributed by atoms with Gasteiger partial charge in [-0.3, -0.25) is 0 Å². The van der Waals surface area contributed by atoms with Gasteiger partial charge in [0, 0.05) is 0 Å². The smallest absolute Gasteiger partial charge is 0.343 e. The zero-order valence-electron chi connectivity index (χ0n) is 11.0. The molecular weight excluding hydrogens is 414 g/mol. The van der Waals surface area contributed by atoms with E-state index in [1.165, 1.54) is 12.8 Å². The molecule has 6 nitrogen and oxygen atoms in total. The van der Waals surface area contributed by atoms with E-state index < -0.39 is 13.4 Å². The molecule has 6 N–H and O–H groups in total. The van der Waals surface area contributed by atoms with Gasteiger partial charge in [-0.2, -0.15) is 12.8 Å². The Kier molecular flexibility index (Phi) is 37.8. The van der Waals surface area contributed by atoms with Crippen LogP contribution >= 0.6 is 13.4 Å². The first kappa shape index (κ1) is 32.6. The Morgan fingerprint density at radius 3 is 0.789 bits per heavy atom. The van der Waals surface area contributed by atoms with Crippen molar-refractivity contribution < 1.29 is 50.4 Å². The summed E-state index contributed by atoms with van der Waals surface area (Å²) in [4.78, 5) is 45.3. The van der Waals surface area contributed by atoms with E-state index in [9.17, 15) is 0 Å². The summed E-state index contributed by atoms with van der Waals surface area (Å²) in [5, 5.41) is 0. The van der Waals surface area contributed by atoms with E-state index >= 15 is 0 Å². The van der Waals surface area contributed by atoms with Gasteiger partial charge in [-0.1, -0.05) is 26.7 Å². The Hall–Kier alpha value is 1.75. The molecule has 0 aliphatic carbocycles. The quantitative estimate of drug-likeness (QED) is 0.219. The van der Waals surface area contributed by atoms with E-state index in [1.54, 1.807) is 0 Å². The zero-order valence-corrected chi connectivity index (χ0v) is 16.5. The molecule has 11 heteroatoms. The van der Waals surface area contributed by atoms with Crippen LogP contribution in [-0.2, 0) is 44.7 Å². The van der Waals surface area contributed by atoms with E-state index in [2.05, 4.69) is 51.3 Å². The molecule has 0 aromatic carbocycles. The normalized spacial score (nSPS) is 9.37. The van der Waals surface area contributed by atoms with Crippen molar-refractivity contribution in [2.75, 3.05) is 0 Å². The van der Waals surface area contributed by atoms with Gasteiger partial charge >= 0.3 is 34.5 Å². The minimum Gasteiger partial charge on any atom is -0.343 e. The molecule has 19 heavy (non-hydrogen) atoms. The number of rotatable bonds is 2. The molecule has 0 rings (SSSR count). The van der Waals surface area contributed by atoms with Crippen LogP contribution in [0.2, 0.25) is 0 Å². The van der Waals surface area contributed by atoms with Crippen LogP contribution in [0.25, 0.3) is 0 Å². The van der Waals surface area contributed by atoms with Crippen LogP contribution in [0.15, 0.2) is 0 Å². The van der Waals surface area contributed by atoms with Crippen LogP contribution < -0.4 is 0 Å². The largest absolute Gasteiger partial charge is 2.00 e. The van der Waals surface area contributed by atoms with Gasteiger partial charge in [0.15, 0.2) is 0 Å². The summed E-state index contributed by atoms with van der Waals surface area (Å²) in [5.41, 5.74) is 0. The summed E-state index contributed by atoms with van der Waals surface area (Å²) < 4.78 is 0. The van der Waals surface area contributed by atoms with Crippen LogP contribution in [0.1, 0.15) is 39.5 Å². The summed E-state index contributed by atoms with van der Waals surface area (Å²) in [5.74, 6) is 0. The Labute approximate surface area is 140 Å². The molecule has 0 spiro atoms. The van der Waals surface area contributed by atoms with E-state index in [0.29, 0.717) is 0 Å². The second-order valence-corrected chi connectivity index (χ2v) is 7.73. The molecule has 0 atom stereocenters. The number of hydrogen-bond donors (Lipinski definition) is 6. The average Bonchev–Trinajstić information content (AvgIpc) is 2.12. The molecule has 120 valence electrons. The van der Waals surface area contributed by atoms with Crippen LogP contribution in [0.3, 0.4) is 0 Å². The maximum Gasteiger partial charge on any atom is 2.00 e. The molecule has 0 aromatic heterocycles. The van der Waals surface area contributed by atoms with Gasteiger partial charge in [0.2, 0.25) is 0 Å². The van der Waals surface area contributed by atoms with Crippen molar-refractivity contribution in [3.63, 3.8) is 0 Å². The van der Waals surface area contributed by atoms with Gasteiger partial charge in [0.1, 0.15) is 0 Å². The number of unbranched alkanes of at least 4 members (excludes halogenated alkanes) is 2. The fourth-order valence-corrected chi connectivity index (χ4v) is 0. The van der Waals surface area contributed by atoms with E-state index in [0.717, 1.165) is 12.8 Å². The second kappa shape index (κ2) is 22.0. The molecule has 0 radical (unpaired) electrons. The van der Waals surface area contributed by atoms with Crippen molar-refractivity contribution in [3.05, 3.63) is 13.8 Å². The van der Waals surface area contributed by atoms with Crippen LogP contribution in [0, 0.1) is 13.8 Å². The summed E-state index contributed by atoms with van der Waals surface area (Å²) >= 11 is 7.21. The molecule has 0 aromatic rings. The van der Waals surface area contributed by atoms with E-state index in [-0.39, 0.29) is 21.1 Å². The molecular formula is C8H24MoO6P2S2. The average molecular weight is 438 g/mol. The molecule has 0 fully saturated rings. The van der Waals surface area contributed by atoms with Gasteiger partial charge in [-0.25, -0.2) is 0 Å². The van der Waals surface area contributed by atoms with E-state index in [4.69, 9.17) is 29.4 Å². The molecule has 0 saturated carbocycles. The fourth-order valence-electron chi connectivity index (χ4n) is 0. The maximum absolute atomic E-state index is 7.56. The Balaban J connectivity index is -0.0000000453. The molecule has 0 amide bonds. The molecule has 0 aliphatic heterocycles. The van der Waals surface area contributed by atoms with Crippen molar-refractivity contribution in [2.24, 2.45) is 0 Å². The zero-order chi connectivity index (χ0) is 15.8. The Morgan fingerprint density at radius 2 is 0.789 bits per heavy atom. The third-order valence-corrected chi connectivity index (χ3v) is 0.707. The standard InChI is InChI=1S/2C4H9.Mo.2H3O3PS/c2*1-3-4-2;;2*1-4(2,3)5/h2*1,3-4H2,2H3;;2*(H3,1,2,3,5)/q2*-1;+2;;. The van der Waals surface area contributed by atoms with Crippen LogP contribution in [0.5, 0.6) is 0 Å². The molecule has 0 bridgehead atoms. The van der Waals surface area contributed by atoms with Gasteiger partial charge < -0.3 is 43.2 Å². The Morgan fingerprint density at radius 1 is 0.737 bits per heavy atom. The molecule has 0 aliphatic rings. The van der Waals surface area contributed by atoms with E-state index in [1.807, 2.05) is 0 Å². The second-order valence-electron chi connectivity index (χ2n) is 2.73. The number of hydrogen-bond acceptors (Lipinski definition) is 2. The minimum absolute atomic E-state index is 0. The summed E-state index contributed by atoms with van der Waals surface area (Å²) in [6, 6.07) is 0. The summed E-state index contributed by atoms with van der Waals surface area (Å²) in [6.45, 7) is 3.83.